The Morgan fingerprint density at radius 1 is 1.24 bits per heavy atom. The summed E-state index contributed by atoms with van der Waals surface area (Å²) in [7, 11) is 0. The number of ether oxygens (including phenoxy) is 1. The SMILES string of the molecule is CCCNC(C)c1cccc(Oc2cc(Br)ccc2F)c1. The number of halogens is 2. The second-order valence-electron chi connectivity index (χ2n) is 4.93. The van der Waals surface area contributed by atoms with Gasteiger partial charge in [0, 0.05) is 10.5 Å². The molecule has 0 aliphatic carbocycles. The predicted octanol–water partition coefficient (Wildman–Crippen LogP) is 5.44. The van der Waals surface area contributed by atoms with E-state index in [0.29, 0.717) is 5.75 Å². The van der Waals surface area contributed by atoms with Crippen molar-refractivity contribution >= 4 is 15.9 Å². The van der Waals surface area contributed by atoms with E-state index in [9.17, 15) is 4.39 Å². The van der Waals surface area contributed by atoms with Crippen LogP contribution in [0.4, 0.5) is 4.39 Å². The average Bonchev–Trinajstić information content (AvgIpc) is 2.49. The first-order valence-corrected chi connectivity index (χ1v) is 7.85. The smallest absolute Gasteiger partial charge is 0.165 e. The van der Waals surface area contributed by atoms with Gasteiger partial charge in [0.15, 0.2) is 11.6 Å². The minimum Gasteiger partial charge on any atom is -0.454 e. The molecule has 21 heavy (non-hydrogen) atoms. The summed E-state index contributed by atoms with van der Waals surface area (Å²) >= 11 is 3.32. The normalized spacial score (nSPS) is 12.2. The second-order valence-corrected chi connectivity index (χ2v) is 5.84. The zero-order valence-corrected chi connectivity index (χ0v) is 13.8. The quantitative estimate of drug-likeness (QED) is 0.747. The number of nitrogens with one attached hydrogen (secondary N) is 1. The van der Waals surface area contributed by atoms with Gasteiger partial charge in [0.1, 0.15) is 5.75 Å². The van der Waals surface area contributed by atoms with E-state index in [4.69, 9.17) is 4.74 Å². The van der Waals surface area contributed by atoms with Gasteiger partial charge >= 0.3 is 0 Å². The maximum atomic E-state index is 13.7. The van der Waals surface area contributed by atoms with Gasteiger partial charge < -0.3 is 10.1 Å². The second kappa shape index (κ2) is 7.57. The number of hydrogen-bond donors (Lipinski definition) is 1. The van der Waals surface area contributed by atoms with Crippen LogP contribution in [0.1, 0.15) is 31.9 Å². The molecular weight excluding hydrogens is 333 g/mol. The molecule has 1 atom stereocenters. The van der Waals surface area contributed by atoms with Gasteiger partial charge in [0.25, 0.3) is 0 Å². The lowest BCUT2D eigenvalue weighted by molar-refractivity contribution is 0.440. The van der Waals surface area contributed by atoms with Crippen molar-refractivity contribution in [1.82, 2.24) is 5.32 Å². The molecule has 2 nitrogen and oxygen atoms in total. The summed E-state index contributed by atoms with van der Waals surface area (Å²) in [6, 6.07) is 12.6. The van der Waals surface area contributed by atoms with Crippen LogP contribution >= 0.6 is 15.9 Å². The lowest BCUT2D eigenvalue weighted by Gasteiger charge is -2.15. The molecule has 0 heterocycles. The van der Waals surface area contributed by atoms with Gasteiger partial charge in [-0.15, -0.1) is 0 Å². The summed E-state index contributed by atoms with van der Waals surface area (Å²) in [5.74, 6) is 0.478. The molecule has 0 saturated carbocycles. The summed E-state index contributed by atoms with van der Waals surface area (Å²) in [5.41, 5.74) is 1.12. The minimum atomic E-state index is -0.374. The van der Waals surface area contributed by atoms with Crippen LogP contribution in [0, 0.1) is 5.82 Å². The third-order valence-electron chi connectivity index (χ3n) is 3.18. The highest BCUT2D eigenvalue weighted by molar-refractivity contribution is 9.10. The Labute approximate surface area is 133 Å². The molecule has 2 aromatic carbocycles. The van der Waals surface area contributed by atoms with E-state index in [1.807, 2.05) is 24.3 Å². The Morgan fingerprint density at radius 2 is 2.05 bits per heavy atom. The van der Waals surface area contributed by atoms with Crippen molar-refractivity contribution in [3.63, 3.8) is 0 Å². The van der Waals surface area contributed by atoms with Crippen LogP contribution in [0.15, 0.2) is 46.9 Å². The maximum Gasteiger partial charge on any atom is 0.165 e. The maximum absolute atomic E-state index is 13.7. The largest absolute Gasteiger partial charge is 0.454 e. The van der Waals surface area contributed by atoms with Gasteiger partial charge in [-0.3, -0.25) is 0 Å². The summed E-state index contributed by atoms with van der Waals surface area (Å²) in [6.07, 6.45) is 1.09. The summed E-state index contributed by atoms with van der Waals surface area (Å²) in [4.78, 5) is 0. The predicted molar refractivity (Wildman–Crippen MR) is 87.3 cm³/mol. The number of hydrogen-bond acceptors (Lipinski definition) is 2. The van der Waals surface area contributed by atoms with Gasteiger partial charge in [-0.05, 0) is 55.8 Å². The molecule has 0 aromatic heterocycles. The molecule has 0 radical (unpaired) electrons. The molecule has 0 amide bonds. The third kappa shape index (κ3) is 4.55. The molecule has 0 fully saturated rings. The molecule has 1 unspecified atom stereocenters. The number of rotatable bonds is 6. The molecule has 0 spiro atoms. The van der Waals surface area contributed by atoms with Crippen LogP contribution in [0.3, 0.4) is 0 Å². The molecule has 2 rings (SSSR count). The van der Waals surface area contributed by atoms with E-state index < -0.39 is 0 Å². The third-order valence-corrected chi connectivity index (χ3v) is 3.67. The summed E-state index contributed by atoms with van der Waals surface area (Å²) < 4.78 is 20.2. The summed E-state index contributed by atoms with van der Waals surface area (Å²) in [6.45, 7) is 5.20. The average molecular weight is 352 g/mol. The molecule has 0 aliphatic heterocycles. The van der Waals surface area contributed by atoms with E-state index in [-0.39, 0.29) is 17.6 Å². The van der Waals surface area contributed by atoms with Crippen molar-refractivity contribution in [3.8, 4) is 11.5 Å². The Hall–Kier alpha value is -1.39. The first-order valence-electron chi connectivity index (χ1n) is 7.06. The molecule has 2 aromatic rings. The Balaban J connectivity index is 2.15. The van der Waals surface area contributed by atoms with Gasteiger partial charge in [0.2, 0.25) is 0 Å². The molecule has 112 valence electrons. The molecule has 0 bridgehead atoms. The molecule has 4 heteroatoms. The fourth-order valence-electron chi connectivity index (χ4n) is 2.01. The van der Waals surface area contributed by atoms with Crippen LogP contribution in [0.5, 0.6) is 11.5 Å². The highest BCUT2D eigenvalue weighted by Crippen LogP contribution is 2.29. The number of benzene rings is 2. The lowest BCUT2D eigenvalue weighted by Crippen LogP contribution is -2.19. The van der Waals surface area contributed by atoms with E-state index in [2.05, 4.69) is 35.1 Å². The Morgan fingerprint density at radius 3 is 2.81 bits per heavy atom. The van der Waals surface area contributed by atoms with E-state index in [0.717, 1.165) is 23.0 Å². The zero-order valence-electron chi connectivity index (χ0n) is 12.2. The van der Waals surface area contributed by atoms with Crippen LogP contribution in [-0.4, -0.2) is 6.54 Å². The van der Waals surface area contributed by atoms with Crippen LogP contribution in [0.2, 0.25) is 0 Å². The first-order chi connectivity index (χ1) is 10.1. The van der Waals surface area contributed by atoms with Gasteiger partial charge in [-0.1, -0.05) is 35.0 Å². The first kappa shape index (κ1) is 16.0. The van der Waals surface area contributed by atoms with E-state index in [1.165, 1.54) is 6.07 Å². The lowest BCUT2D eigenvalue weighted by atomic mass is 10.1. The Kier molecular flexibility index (Phi) is 5.76. The summed E-state index contributed by atoms with van der Waals surface area (Å²) in [5, 5.41) is 3.42. The minimum absolute atomic E-state index is 0.218. The van der Waals surface area contributed by atoms with Gasteiger partial charge in [-0.25, -0.2) is 4.39 Å². The van der Waals surface area contributed by atoms with Crippen molar-refractivity contribution in [2.24, 2.45) is 0 Å². The van der Waals surface area contributed by atoms with Crippen LogP contribution in [-0.2, 0) is 0 Å². The zero-order chi connectivity index (χ0) is 15.2. The molecule has 1 N–H and O–H groups in total. The standard InChI is InChI=1S/C17H19BrFNO/c1-3-9-20-12(2)13-5-4-6-15(10-13)21-17-11-14(18)7-8-16(17)19/h4-8,10-12,20H,3,9H2,1-2H3. The molecule has 0 aliphatic rings. The van der Waals surface area contributed by atoms with Crippen molar-refractivity contribution in [3.05, 3.63) is 58.3 Å². The van der Waals surface area contributed by atoms with Gasteiger partial charge in [0.05, 0.1) is 0 Å². The van der Waals surface area contributed by atoms with Crippen molar-refractivity contribution < 1.29 is 9.13 Å². The van der Waals surface area contributed by atoms with Crippen LogP contribution < -0.4 is 10.1 Å². The molecular formula is C17H19BrFNO. The van der Waals surface area contributed by atoms with E-state index in [1.54, 1.807) is 12.1 Å². The highest BCUT2D eigenvalue weighted by Gasteiger charge is 2.08. The highest BCUT2D eigenvalue weighted by atomic mass is 79.9. The van der Waals surface area contributed by atoms with Crippen molar-refractivity contribution in [1.29, 1.82) is 0 Å². The van der Waals surface area contributed by atoms with Crippen LogP contribution in [0.25, 0.3) is 0 Å². The monoisotopic (exact) mass is 351 g/mol. The molecule has 0 saturated heterocycles. The van der Waals surface area contributed by atoms with Crippen molar-refractivity contribution in [2.45, 2.75) is 26.3 Å². The topological polar surface area (TPSA) is 21.3 Å². The fraction of sp³-hybridized carbons (Fsp3) is 0.294. The Bertz CT molecular complexity index is 603. The van der Waals surface area contributed by atoms with E-state index >= 15 is 0 Å². The fourth-order valence-corrected chi connectivity index (χ4v) is 2.35. The van der Waals surface area contributed by atoms with Gasteiger partial charge in [-0.2, -0.15) is 0 Å². The van der Waals surface area contributed by atoms with Crippen molar-refractivity contribution in [2.75, 3.05) is 6.54 Å².